The third-order valence-electron chi connectivity index (χ3n) is 4.40. The number of halogens is 3. The van der Waals surface area contributed by atoms with Crippen LogP contribution in [0.25, 0.3) is 17.1 Å². The molecule has 3 rings (SSSR count). The lowest BCUT2D eigenvalue weighted by molar-refractivity contribution is -0.137. The van der Waals surface area contributed by atoms with E-state index in [-0.39, 0.29) is 24.2 Å². The van der Waals surface area contributed by atoms with Crippen molar-refractivity contribution in [2.24, 2.45) is 0 Å². The first-order valence-corrected chi connectivity index (χ1v) is 9.84. The number of benzene rings is 2. The number of hydrogen-bond donors (Lipinski definition) is 1. The standard InChI is InChI=1S/C22H21F3N4O4/c1-14(12-32-2)26-18(30)13-33-21(31)19-27-20(15-7-4-3-5-8-15)29(28-19)17-10-6-9-16(11-17)22(23,24)25/h3-11,14H,12-13H2,1-2H3,(H,26,30)/t14-/m1/s1. The second kappa shape index (κ2) is 10.3. The Morgan fingerprint density at radius 2 is 1.85 bits per heavy atom. The lowest BCUT2D eigenvalue weighted by Crippen LogP contribution is -2.38. The number of carbonyl (C=O) groups excluding carboxylic acids is 2. The van der Waals surface area contributed by atoms with Gasteiger partial charge in [0.15, 0.2) is 12.4 Å². The molecular formula is C22H21F3N4O4. The molecule has 0 spiro atoms. The summed E-state index contributed by atoms with van der Waals surface area (Å²) in [6.07, 6.45) is -4.56. The Kier molecular flexibility index (Phi) is 7.44. The maximum absolute atomic E-state index is 13.2. The van der Waals surface area contributed by atoms with Gasteiger partial charge in [0, 0.05) is 18.7 Å². The van der Waals surface area contributed by atoms with Gasteiger partial charge < -0.3 is 14.8 Å². The van der Waals surface area contributed by atoms with E-state index in [4.69, 9.17) is 9.47 Å². The summed E-state index contributed by atoms with van der Waals surface area (Å²) in [4.78, 5) is 28.5. The molecule has 1 amide bonds. The minimum absolute atomic E-state index is 0.0568. The van der Waals surface area contributed by atoms with E-state index >= 15 is 0 Å². The molecule has 174 valence electrons. The quantitative estimate of drug-likeness (QED) is 0.517. The van der Waals surface area contributed by atoms with Crippen LogP contribution in [0, 0.1) is 0 Å². The number of amides is 1. The molecule has 1 aromatic heterocycles. The van der Waals surface area contributed by atoms with Crippen LogP contribution in [0.5, 0.6) is 0 Å². The molecule has 0 saturated carbocycles. The van der Waals surface area contributed by atoms with Crippen molar-refractivity contribution < 1.29 is 32.2 Å². The predicted molar refractivity (Wildman–Crippen MR) is 112 cm³/mol. The van der Waals surface area contributed by atoms with Gasteiger partial charge in [-0.15, -0.1) is 5.10 Å². The lowest BCUT2D eigenvalue weighted by atomic mass is 10.2. The highest BCUT2D eigenvalue weighted by Gasteiger charge is 2.31. The Hall–Kier alpha value is -3.73. The number of nitrogens with zero attached hydrogens (tertiary/aromatic N) is 3. The van der Waals surface area contributed by atoms with E-state index in [0.717, 1.165) is 16.8 Å². The van der Waals surface area contributed by atoms with E-state index in [1.54, 1.807) is 37.3 Å². The molecule has 0 fully saturated rings. The Morgan fingerprint density at radius 1 is 1.12 bits per heavy atom. The average molecular weight is 462 g/mol. The summed E-state index contributed by atoms with van der Waals surface area (Å²) in [6, 6.07) is 12.7. The average Bonchev–Trinajstić information content (AvgIpc) is 3.23. The van der Waals surface area contributed by atoms with E-state index in [2.05, 4.69) is 15.4 Å². The lowest BCUT2D eigenvalue weighted by Gasteiger charge is -2.12. The molecular weight excluding hydrogens is 441 g/mol. The smallest absolute Gasteiger partial charge is 0.416 e. The highest BCUT2D eigenvalue weighted by atomic mass is 19.4. The predicted octanol–water partition coefficient (Wildman–Crippen LogP) is 3.26. The van der Waals surface area contributed by atoms with Gasteiger partial charge in [0.25, 0.3) is 11.7 Å². The van der Waals surface area contributed by atoms with Gasteiger partial charge >= 0.3 is 12.1 Å². The molecule has 0 bridgehead atoms. The molecule has 2 aromatic carbocycles. The van der Waals surface area contributed by atoms with Crippen LogP contribution in [-0.2, 0) is 20.4 Å². The van der Waals surface area contributed by atoms with E-state index in [1.165, 1.54) is 19.2 Å². The van der Waals surface area contributed by atoms with Crippen LogP contribution in [0.3, 0.4) is 0 Å². The van der Waals surface area contributed by atoms with Gasteiger partial charge in [-0.3, -0.25) is 4.79 Å². The number of alkyl halides is 3. The molecule has 3 aromatic rings. The zero-order valence-corrected chi connectivity index (χ0v) is 17.8. The first kappa shape index (κ1) is 23.9. The number of nitrogens with one attached hydrogen (secondary N) is 1. The number of aromatic nitrogens is 3. The van der Waals surface area contributed by atoms with Crippen LogP contribution < -0.4 is 5.32 Å². The van der Waals surface area contributed by atoms with Crippen LogP contribution in [0.15, 0.2) is 54.6 Å². The van der Waals surface area contributed by atoms with Gasteiger partial charge in [-0.2, -0.15) is 13.2 Å². The van der Waals surface area contributed by atoms with Crippen molar-refractivity contribution in [3.05, 3.63) is 66.0 Å². The van der Waals surface area contributed by atoms with Crippen LogP contribution in [0.2, 0.25) is 0 Å². The third-order valence-corrected chi connectivity index (χ3v) is 4.40. The van der Waals surface area contributed by atoms with Gasteiger partial charge in [-0.05, 0) is 25.1 Å². The summed E-state index contributed by atoms with van der Waals surface area (Å²) in [6.45, 7) is 1.42. The third kappa shape index (κ3) is 6.16. The number of esters is 1. The fourth-order valence-corrected chi connectivity index (χ4v) is 2.97. The molecule has 33 heavy (non-hydrogen) atoms. The van der Waals surface area contributed by atoms with Gasteiger partial charge in [-0.1, -0.05) is 36.4 Å². The molecule has 0 aliphatic carbocycles. The topological polar surface area (TPSA) is 95.3 Å². The van der Waals surface area contributed by atoms with Crippen molar-refractivity contribution in [1.82, 2.24) is 20.1 Å². The highest BCUT2D eigenvalue weighted by molar-refractivity contribution is 5.88. The number of hydrogen-bond acceptors (Lipinski definition) is 6. The van der Waals surface area contributed by atoms with Crippen molar-refractivity contribution >= 4 is 11.9 Å². The molecule has 1 heterocycles. The van der Waals surface area contributed by atoms with Gasteiger partial charge in [-0.25, -0.2) is 14.5 Å². The molecule has 1 atom stereocenters. The van der Waals surface area contributed by atoms with Gasteiger partial charge in [0.05, 0.1) is 17.9 Å². The van der Waals surface area contributed by atoms with Crippen LogP contribution >= 0.6 is 0 Å². The Balaban J connectivity index is 1.88. The van der Waals surface area contributed by atoms with E-state index in [9.17, 15) is 22.8 Å². The van der Waals surface area contributed by atoms with Crippen LogP contribution in [0.1, 0.15) is 23.1 Å². The van der Waals surface area contributed by atoms with E-state index < -0.39 is 36.0 Å². The van der Waals surface area contributed by atoms with Gasteiger partial charge in [0.1, 0.15) is 0 Å². The first-order valence-electron chi connectivity index (χ1n) is 9.84. The largest absolute Gasteiger partial charge is 0.450 e. The number of methoxy groups -OCH3 is 1. The number of rotatable bonds is 8. The Labute approximate surface area is 187 Å². The van der Waals surface area contributed by atoms with Crippen LogP contribution in [0.4, 0.5) is 13.2 Å². The van der Waals surface area contributed by atoms with Crippen molar-refractivity contribution in [2.45, 2.75) is 19.1 Å². The summed E-state index contributed by atoms with van der Waals surface area (Å²) >= 11 is 0. The molecule has 0 radical (unpaired) electrons. The fourth-order valence-electron chi connectivity index (χ4n) is 2.97. The zero-order valence-electron chi connectivity index (χ0n) is 17.8. The summed E-state index contributed by atoms with van der Waals surface area (Å²) in [7, 11) is 1.49. The van der Waals surface area contributed by atoms with Crippen LogP contribution in [-0.4, -0.2) is 53.0 Å². The second-order valence-corrected chi connectivity index (χ2v) is 7.08. The molecule has 8 nitrogen and oxygen atoms in total. The SMILES string of the molecule is COC[C@@H](C)NC(=O)COC(=O)c1nc(-c2ccccc2)n(-c2cccc(C(F)(F)F)c2)n1. The second-order valence-electron chi connectivity index (χ2n) is 7.08. The van der Waals surface area contributed by atoms with Crippen molar-refractivity contribution in [2.75, 3.05) is 20.3 Å². The normalized spacial score (nSPS) is 12.3. The first-order chi connectivity index (χ1) is 15.7. The molecule has 1 N–H and O–H groups in total. The molecule has 0 saturated heterocycles. The monoisotopic (exact) mass is 462 g/mol. The molecule has 11 heteroatoms. The molecule has 0 aliphatic heterocycles. The molecule has 0 aliphatic rings. The maximum atomic E-state index is 13.2. The summed E-state index contributed by atoms with van der Waals surface area (Å²) in [5, 5.41) is 6.64. The minimum atomic E-state index is -4.56. The van der Waals surface area contributed by atoms with E-state index in [1.807, 2.05) is 0 Å². The summed E-state index contributed by atoms with van der Waals surface area (Å²) in [5.74, 6) is -1.80. The minimum Gasteiger partial charge on any atom is -0.450 e. The number of carbonyl (C=O) groups is 2. The maximum Gasteiger partial charge on any atom is 0.416 e. The van der Waals surface area contributed by atoms with E-state index in [0.29, 0.717) is 5.56 Å². The van der Waals surface area contributed by atoms with Crippen molar-refractivity contribution in [1.29, 1.82) is 0 Å². The molecule has 0 unspecified atom stereocenters. The van der Waals surface area contributed by atoms with Crippen molar-refractivity contribution in [3.8, 4) is 17.1 Å². The van der Waals surface area contributed by atoms with Gasteiger partial charge in [0.2, 0.25) is 0 Å². The summed E-state index contributed by atoms with van der Waals surface area (Å²) < 4.78 is 50.6. The Bertz CT molecular complexity index is 1120. The van der Waals surface area contributed by atoms with Crippen molar-refractivity contribution in [3.63, 3.8) is 0 Å². The summed E-state index contributed by atoms with van der Waals surface area (Å²) in [5.41, 5.74) is -0.297. The zero-order chi connectivity index (χ0) is 24.0. The Morgan fingerprint density at radius 3 is 2.52 bits per heavy atom. The number of ether oxygens (including phenoxy) is 2. The fraction of sp³-hybridized carbons (Fsp3) is 0.273. The highest BCUT2D eigenvalue weighted by Crippen LogP contribution is 2.31.